The lowest BCUT2D eigenvalue weighted by Gasteiger charge is -2.11. The van der Waals surface area contributed by atoms with Crippen molar-refractivity contribution < 1.29 is 14.3 Å². The molecule has 0 saturated carbocycles. The Labute approximate surface area is 146 Å². The minimum absolute atomic E-state index is 0.203. The van der Waals surface area contributed by atoms with Gasteiger partial charge >= 0.3 is 0 Å². The van der Waals surface area contributed by atoms with Crippen molar-refractivity contribution in [2.75, 3.05) is 12.4 Å². The summed E-state index contributed by atoms with van der Waals surface area (Å²) in [5.41, 5.74) is 2.06. The average Bonchev–Trinajstić information content (AvgIpc) is 2.64. The Kier molecular flexibility index (Phi) is 4.95. The molecule has 0 fully saturated rings. The molecule has 0 unspecified atom stereocenters. The predicted octanol–water partition coefficient (Wildman–Crippen LogP) is 4.44. The largest absolute Gasteiger partial charge is 0.493 e. The van der Waals surface area contributed by atoms with Gasteiger partial charge in [-0.25, -0.2) is 0 Å². The van der Waals surface area contributed by atoms with E-state index in [4.69, 9.17) is 9.47 Å². The van der Waals surface area contributed by atoms with Gasteiger partial charge in [0.2, 0.25) is 0 Å². The summed E-state index contributed by atoms with van der Waals surface area (Å²) in [4.78, 5) is 16.3. The molecular formula is C20H18N2O3. The standard InChI is InChI=1S/C20H18N2O3/c1-14-7-8-15(13-21-14)20(23)22-16-9-11-17(12-10-16)25-19-6-4-3-5-18(19)24-2/h3-13H,1-2H3,(H,22,23). The summed E-state index contributed by atoms with van der Waals surface area (Å²) in [6, 6.07) is 18.1. The molecule has 0 radical (unpaired) electrons. The Morgan fingerprint density at radius 2 is 1.68 bits per heavy atom. The van der Waals surface area contributed by atoms with Crippen LogP contribution in [-0.2, 0) is 0 Å². The van der Waals surface area contributed by atoms with E-state index in [0.717, 1.165) is 5.69 Å². The van der Waals surface area contributed by atoms with Crippen molar-refractivity contribution in [3.8, 4) is 17.2 Å². The number of rotatable bonds is 5. The zero-order chi connectivity index (χ0) is 17.6. The molecule has 1 aromatic heterocycles. The van der Waals surface area contributed by atoms with Crippen LogP contribution in [0.2, 0.25) is 0 Å². The Hall–Kier alpha value is -3.34. The highest BCUT2D eigenvalue weighted by Gasteiger charge is 2.07. The molecule has 0 aliphatic heterocycles. The average molecular weight is 334 g/mol. The number of pyridine rings is 1. The van der Waals surface area contributed by atoms with Crippen molar-refractivity contribution in [2.24, 2.45) is 0 Å². The lowest BCUT2D eigenvalue weighted by atomic mass is 10.2. The van der Waals surface area contributed by atoms with E-state index in [1.165, 1.54) is 0 Å². The van der Waals surface area contributed by atoms with Crippen molar-refractivity contribution in [1.29, 1.82) is 0 Å². The van der Waals surface area contributed by atoms with E-state index in [9.17, 15) is 4.79 Å². The van der Waals surface area contributed by atoms with Crippen LogP contribution in [0.5, 0.6) is 17.2 Å². The van der Waals surface area contributed by atoms with Crippen molar-refractivity contribution in [3.05, 3.63) is 78.1 Å². The van der Waals surface area contributed by atoms with Crippen LogP contribution in [0, 0.1) is 6.92 Å². The number of anilines is 1. The van der Waals surface area contributed by atoms with Gasteiger partial charge < -0.3 is 14.8 Å². The minimum Gasteiger partial charge on any atom is -0.493 e. The van der Waals surface area contributed by atoms with Gasteiger partial charge in [0, 0.05) is 17.6 Å². The molecule has 5 heteroatoms. The van der Waals surface area contributed by atoms with Gasteiger partial charge in [-0.15, -0.1) is 0 Å². The number of hydrogen-bond donors (Lipinski definition) is 1. The van der Waals surface area contributed by atoms with Gasteiger partial charge in [-0.05, 0) is 55.5 Å². The fraction of sp³-hybridized carbons (Fsp3) is 0.100. The molecule has 0 atom stereocenters. The van der Waals surface area contributed by atoms with Gasteiger partial charge in [-0.2, -0.15) is 0 Å². The van der Waals surface area contributed by atoms with Crippen LogP contribution < -0.4 is 14.8 Å². The topological polar surface area (TPSA) is 60.5 Å². The number of aryl methyl sites for hydroxylation is 1. The first-order valence-electron chi connectivity index (χ1n) is 7.80. The summed E-state index contributed by atoms with van der Waals surface area (Å²) >= 11 is 0. The molecule has 3 rings (SSSR count). The summed E-state index contributed by atoms with van der Waals surface area (Å²) in [5.74, 6) is 1.74. The molecule has 126 valence electrons. The fourth-order valence-corrected chi connectivity index (χ4v) is 2.24. The molecule has 0 aliphatic carbocycles. The van der Waals surface area contributed by atoms with Crippen molar-refractivity contribution >= 4 is 11.6 Å². The van der Waals surface area contributed by atoms with Gasteiger partial charge in [0.05, 0.1) is 12.7 Å². The van der Waals surface area contributed by atoms with Crippen LogP contribution in [0.4, 0.5) is 5.69 Å². The smallest absolute Gasteiger partial charge is 0.257 e. The number of nitrogens with zero attached hydrogens (tertiary/aromatic N) is 1. The Morgan fingerprint density at radius 1 is 0.960 bits per heavy atom. The third kappa shape index (κ3) is 4.14. The summed E-state index contributed by atoms with van der Waals surface area (Å²) in [6.07, 6.45) is 1.56. The van der Waals surface area contributed by atoms with E-state index in [0.29, 0.717) is 28.5 Å². The molecule has 0 aliphatic rings. The highest BCUT2D eigenvalue weighted by atomic mass is 16.5. The monoisotopic (exact) mass is 334 g/mol. The van der Waals surface area contributed by atoms with Gasteiger partial charge in [0.25, 0.3) is 5.91 Å². The third-order valence-electron chi connectivity index (χ3n) is 3.58. The first kappa shape index (κ1) is 16.5. The van der Waals surface area contributed by atoms with Gasteiger partial charge in [-0.3, -0.25) is 9.78 Å². The maximum atomic E-state index is 12.2. The number of para-hydroxylation sites is 2. The van der Waals surface area contributed by atoms with E-state index in [1.54, 1.807) is 49.7 Å². The number of carbonyl (C=O) groups is 1. The fourth-order valence-electron chi connectivity index (χ4n) is 2.24. The zero-order valence-electron chi connectivity index (χ0n) is 14.0. The second kappa shape index (κ2) is 7.49. The highest BCUT2D eigenvalue weighted by molar-refractivity contribution is 6.04. The zero-order valence-corrected chi connectivity index (χ0v) is 14.0. The predicted molar refractivity (Wildman–Crippen MR) is 96.4 cm³/mol. The van der Waals surface area contributed by atoms with E-state index < -0.39 is 0 Å². The molecule has 0 bridgehead atoms. The molecule has 25 heavy (non-hydrogen) atoms. The normalized spacial score (nSPS) is 10.2. The van der Waals surface area contributed by atoms with Gasteiger partial charge in [0.15, 0.2) is 11.5 Å². The van der Waals surface area contributed by atoms with Crippen molar-refractivity contribution in [2.45, 2.75) is 6.92 Å². The molecule has 1 N–H and O–H groups in total. The Morgan fingerprint density at radius 3 is 2.32 bits per heavy atom. The molecule has 3 aromatic rings. The molecule has 2 aromatic carbocycles. The van der Waals surface area contributed by atoms with E-state index in [-0.39, 0.29) is 5.91 Å². The molecular weight excluding hydrogens is 316 g/mol. The summed E-state index contributed by atoms with van der Waals surface area (Å²) in [7, 11) is 1.60. The van der Waals surface area contributed by atoms with Gasteiger partial charge in [-0.1, -0.05) is 12.1 Å². The second-order valence-electron chi connectivity index (χ2n) is 5.42. The number of ether oxygens (including phenoxy) is 2. The number of methoxy groups -OCH3 is 1. The van der Waals surface area contributed by atoms with Crippen LogP contribution in [0.25, 0.3) is 0 Å². The summed E-state index contributed by atoms with van der Waals surface area (Å²) in [5, 5.41) is 2.83. The van der Waals surface area contributed by atoms with Crippen LogP contribution in [0.15, 0.2) is 66.9 Å². The van der Waals surface area contributed by atoms with Crippen molar-refractivity contribution in [1.82, 2.24) is 4.98 Å². The lowest BCUT2D eigenvalue weighted by Crippen LogP contribution is -2.12. The highest BCUT2D eigenvalue weighted by Crippen LogP contribution is 2.31. The minimum atomic E-state index is -0.203. The number of amides is 1. The molecule has 0 saturated heterocycles. The quantitative estimate of drug-likeness (QED) is 0.749. The maximum absolute atomic E-state index is 12.2. The van der Waals surface area contributed by atoms with E-state index in [1.807, 2.05) is 31.2 Å². The number of carbonyl (C=O) groups excluding carboxylic acids is 1. The van der Waals surface area contributed by atoms with Crippen LogP contribution in [0.1, 0.15) is 16.1 Å². The van der Waals surface area contributed by atoms with Crippen LogP contribution in [-0.4, -0.2) is 18.0 Å². The van der Waals surface area contributed by atoms with Crippen molar-refractivity contribution in [3.63, 3.8) is 0 Å². The van der Waals surface area contributed by atoms with Gasteiger partial charge in [0.1, 0.15) is 5.75 Å². The van der Waals surface area contributed by atoms with Crippen LogP contribution >= 0.6 is 0 Å². The van der Waals surface area contributed by atoms with Crippen LogP contribution in [0.3, 0.4) is 0 Å². The molecule has 1 heterocycles. The SMILES string of the molecule is COc1ccccc1Oc1ccc(NC(=O)c2ccc(C)nc2)cc1. The number of aromatic nitrogens is 1. The Balaban J connectivity index is 1.68. The first-order valence-corrected chi connectivity index (χ1v) is 7.80. The number of nitrogens with one attached hydrogen (secondary N) is 1. The maximum Gasteiger partial charge on any atom is 0.257 e. The molecule has 1 amide bonds. The second-order valence-corrected chi connectivity index (χ2v) is 5.42. The van der Waals surface area contributed by atoms with E-state index in [2.05, 4.69) is 10.3 Å². The summed E-state index contributed by atoms with van der Waals surface area (Å²) in [6.45, 7) is 1.88. The summed E-state index contributed by atoms with van der Waals surface area (Å²) < 4.78 is 11.1. The number of hydrogen-bond acceptors (Lipinski definition) is 4. The molecule has 5 nitrogen and oxygen atoms in total. The van der Waals surface area contributed by atoms with E-state index >= 15 is 0 Å². The Bertz CT molecular complexity index is 859. The first-order chi connectivity index (χ1) is 12.2. The third-order valence-corrected chi connectivity index (χ3v) is 3.58. The number of benzene rings is 2. The molecule has 0 spiro atoms. The lowest BCUT2D eigenvalue weighted by molar-refractivity contribution is 0.102.